The molecule has 0 saturated carbocycles. The van der Waals surface area contributed by atoms with Crippen LogP contribution in [0, 0.1) is 0 Å². The van der Waals surface area contributed by atoms with Gasteiger partial charge in [0.1, 0.15) is 0 Å². The van der Waals surface area contributed by atoms with Crippen molar-refractivity contribution in [2.45, 2.75) is 11.8 Å². The van der Waals surface area contributed by atoms with Crippen molar-refractivity contribution >= 4 is 16.0 Å². The topological polar surface area (TPSA) is 102 Å². The smallest absolute Gasteiger partial charge is 0.338 e. The Bertz CT molecular complexity index is 540. The van der Waals surface area contributed by atoms with Crippen molar-refractivity contribution in [1.29, 1.82) is 0 Å². The van der Waals surface area contributed by atoms with Crippen LogP contribution in [-0.4, -0.2) is 52.5 Å². The molecule has 8 heteroatoms. The molecule has 0 aromatic heterocycles. The molecule has 0 aliphatic rings. The summed E-state index contributed by atoms with van der Waals surface area (Å²) < 4.78 is 36.0. The molecule has 0 spiro atoms. The summed E-state index contributed by atoms with van der Waals surface area (Å²) in [6.07, 6.45) is 0. The average molecular weight is 317 g/mol. The molecule has 0 amide bonds. The van der Waals surface area contributed by atoms with Crippen LogP contribution in [0.3, 0.4) is 0 Å². The van der Waals surface area contributed by atoms with Gasteiger partial charge < -0.3 is 14.6 Å². The molecule has 0 radical (unpaired) electrons. The molecule has 0 heterocycles. The van der Waals surface area contributed by atoms with Crippen molar-refractivity contribution in [3.8, 4) is 0 Å². The molecule has 1 aromatic carbocycles. The van der Waals surface area contributed by atoms with Crippen molar-refractivity contribution in [3.63, 3.8) is 0 Å². The molecule has 0 aliphatic carbocycles. The van der Waals surface area contributed by atoms with Gasteiger partial charge in [-0.2, -0.15) is 0 Å². The van der Waals surface area contributed by atoms with Gasteiger partial charge in [-0.25, -0.2) is 17.9 Å². The first kappa shape index (κ1) is 17.6. The Kier molecular flexibility index (Phi) is 7.30. The molecule has 1 aromatic rings. The number of rotatable bonds is 9. The standard InChI is InChI=1S/C13H19NO6S/c1-2-20-13(16)11-3-5-12(6-4-11)21(17,18)14-7-9-19-10-8-15/h3-6,14-15H,2,7-10H2,1H3. The largest absolute Gasteiger partial charge is 0.462 e. The lowest BCUT2D eigenvalue weighted by Gasteiger charge is -2.08. The van der Waals surface area contributed by atoms with Crippen LogP contribution in [-0.2, 0) is 19.5 Å². The normalized spacial score (nSPS) is 11.3. The Balaban J connectivity index is 2.61. The van der Waals surface area contributed by atoms with E-state index in [1.165, 1.54) is 24.3 Å². The highest BCUT2D eigenvalue weighted by atomic mass is 32.2. The number of esters is 1. The van der Waals surface area contributed by atoms with E-state index < -0.39 is 16.0 Å². The van der Waals surface area contributed by atoms with Crippen LogP contribution in [0.1, 0.15) is 17.3 Å². The molecule has 0 aliphatic heterocycles. The summed E-state index contributed by atoms with van der Waals surface area (Å²) in [5.74, 6) is -0.494. The minimum Gasteiger partial charge on any atom is -0.462 e. The zero-order valence-electron chi connectivity index (χ0n) is 11.7. The lowest BCUT2D eigenvalue weighted by atomic mass is 10.2. The summed E-state index contributed by atoms with van der Waals surface area (Å²) >= 11 is 0. The Morgan fingerprint density at radius 3 is 2.48 bits per heavy atom. The van der Waals surface area contributed by atoms with Crippen LogP contribution in [0.4, 0.5) is 0 Å². The monoisotopic (exact) mass is 317 g/mol. The maximum Gasteiger partial charge on any atom is 0.338 e. The van der Waals surface area contributed by atoms with E-state index in [1.54, 1.807) is 6.92 Å². The summed E-state index contributed by atoms with van der Waals surface area (Å²) in [7, 11) is -3.65. The van der Waals surface area contributed by atoms with Gasteiger partial charge in [0.2, 0.25) is 10.0 Å². The van der Waals surface area contributed by atoms with Gasteiger partial charge in [-0.05, 0) is 31.2 Å². The third kappa shape index (κ3) is 5.80. The zero-order valence-corrected chi connectivity index (χ0v) is 12.6. The lowest BCUT2D eigenvalue weighted by molar-refractivity contribution is 0.0526. The number of ether oxygens (including phenoxy) is 2. The fourth-order valence-corrected chi connectivity index (χ4v) is 2.50. The summed E-state index contributed by atoms with van der Waals surface area (Å²) in [5.41, 5.74) is 0.294. The van der Waals surface area contributed by atoms with E-state index in [0.29, 0.717) is 5.56 Å². The van der Waals surface area contributed by atoms with Gasteiger partial charge >= 0.3 is 5.97 Å². The van der Waals surface area contributed by atoms with Crippen LogP contribution in [0.5, 0.6) is 0 Å². The molecule has 1 rings (SSSR count). The predicted molar refractivity (Wildman–Crippen MR) is 75.5 cm³/mol. The van der Waals surface area contributed by atoms with Gasteiger partial charge in [-0.1, -0.05) is 0 Å². The molecule has 0 unspecified atom stereocenters. The van der Waals surface area contributed by atoms with Crippen LogP contribution in [0.15, 0.2) is 29.2 Å². The highest BCUT2D eigenvalue weighted by Crippen LogP contribution is 2.11. The molecule has 7 nitrogen and oxygen atoms in total. The first-order valence-electron chi connectivity index (χ1n) is 6.46. The molecule has 0 saturated heterocycles. The molecule has 118 valence electrons. The zero-order chi connectivity index (χ0) is 15.7. The van der Waals surface area contributed by atoms with Crippen LogP contribution < -0.4 is 4.72 Å². The fraction of sp³-hybridized carbons (Fsp3) is 0.462. The van der Waals surface area contributed by atoms with E-state index in [2.05, 4.69) is 4.72 Å². The second kappa shape index (κ2) is 8.73. The van der Waals surface area contributed by atoms with Gasteiger partial charge in [0, 0.05) is 6.54 Å². The molecular weight excluding hydrogens is 298 g/mol. The minimum absolute atomic E-state index is 0.0534. The molecule has 0 atom stereocenters. The van der Waals surface area contributed by atoms with E-state index in [9.17, 15) is 13.2 Å². The SMILES string of the molecule is CCOC(=O)c1ccc(S(=O)(=O)NCCOCCO)cc1. The second-order valence-electron chi connectivity index (χ2n) is 3.98. The number of hydrogen-bond donors (Lipinski definition) is 2. The molecule has 21 heavy (non-hydrogen) atoms. The van der Waals surface area contributed by atoms with Crippen molar-refractivity contribution in [1.82, 2.24) is 4.72 Å². The van der Waals surface area contributed by atoms with Crippen LogP contribution in [0.2, 0.25) is 0 Å². The fourth-order valence-electron chi connectivity index (χ4n) is 1.48. The first-order valence-corrected chi connectivity index (χ1v) is 7.95. The number of aliphatic hydroxyl groups excluding tert-OH is 1. The molecule has 0 bridgehead atoms. The quantitative estimate of drug-likeness (QED) is 0.496. The van der Waals surface area contributed by atoms with E-state index >= 15 is 0 Å². The highest BCUT2D eigenvalue weighted by Gasteiger charge is 2.14. The van der Waals surface area contributed by atoms with E-state index in [0.717, 1.165) is 0 Å². The van der Waals surface area contributed by atoms with E-state index in [1.807, 2.05) is 0 Å². The van der Waals surface area contributed by atoms with Crippen LogP contribution in [0.25, 0.3) is 0 Å². The van der Waals surface area contributed by atoms with E-state index in [4.69, 9.17) is 14.6 Å². The highest BCUT2D eigenvalue weighted by molar-refractivity contribution is 7.89. The maximum atomic E-state index is 11.9. The number of hydrogen-bond acceptors (Lipinski definition) is 6. The van der Waals surface area contributed by atoms with Crippen molar-refractivity contribution in [2.24, 2.45) is 0 Å². The first-order chi connectivity index (χ1) is 10.0. The van der Waals surface area contributed by atoms with Crippen molar-refractivity contribution in [3.05, 3.63) is 29.8 Å². The number of nitrogens with one attached hydrogen (secondary N) is 1. The predicted octanol–water partition coefficient (Wildman–Crippen LogP) is 0.151. The summed E-state index contributed by atoms with van der Waals surface area (Å²) in [4.78, 5) is 11.5. The molecular formula is C13H19NO6S. The Morgan fingerprint density at radius 2 is 1.90 bits per heavy atom. The Hall–Kier alpha value is -1.48. The van der Waals surface area contributed by atoms with Gasteiger partial charge in [0.05, 0.1) is 36.9 Å². The summed E-state index contributed by atoms with van der Waals surface area (Å²) in [6.45, 7) is 2.27. The van der Waals surface area contributed by atoms with Gasteiger partial charge in [-0.3, -0.25) is 0 Å². The number of sulfonamides is 1. The van der Waals surface area contributed by atoms with Gasteiger partial charge in [0.25, 0.3) is 0 Å². The summed E-state index contributed by atoms with van der Waals surface area (Å²) in [5, 5.41) is 8.51. The minimum atomic E-state index is -3.65. The Labute approximate surface area is 123 Å². The Morgan fingerprint density at radius 1 is 1.24 bits per heavy atom. The van der Waals surface area contributed by atoms with Gasteiger partial charge in [0.15, 0.2) is 0 Å². The number of carbonyl (C=O) groups excluding carboxylic acids is 1. The third-order valence-corrected chi connectivity index (χ3v) is 3.93. The number of benzene rings is 1. The number of carbonyl (C=O) groups is 1. The van der Waals surface area contributed by atoms with E-state index in [-0.39, 0.29) is 37.9 Å². The second-order valence-corrected chi connectivity index (χ2v) is 5.75. The lowest BCUT2D eigenvalue weighted by Crippen LogP contribution is -2.27. The average Bonchev–Trinajstić information content (AvgIpc) is 2.47. The number of aliphatic hydroxyl groups is 1. The molecule has 0 fully saturated rings. The molecule has 2 N–H and O–H groups in total. The third-order valence-electron chi connectivity index (χ3n) is 2.45. The van der Waals surface area contributed by atoms with Gasteiger partial charge in [-0.15, -0.1) is 0 Å². The van der Waals surface area contributed by atoms with Crippen molar-refractivity contribution in [2.75, 3.05) is 33.0 Å². The van der Waals surface area contributed by atoms with Crippen molar-refractivity contribution < 1.29 is 27.8 Å². The maximum absolute atomic E-state index is 11.9. The summed E-state index contributed by atoms with van der Waals surface area (Å²) in [6, 6.07) is 5.47. The van der Waals surface area contributed by atoms with Crippen LogP contribution >= 0.6 is 0 Å².